The van der Waals surface area contributed by atoms with Crippen LogP contribution in [-0.4, -0.2) is 30.1 Å². The molecule has 2 nitrogen and oxygen atoms in total. The molecule has 1 heterocycles. The summed E-state index contributed by atoms with van der Waals surface area (Å²) in [4.78, 5) is 2.60. The van der Waals surface area contributed by atoms with Crippen LogP contribution in [0.1, 0.15) is 39.2 Å². The zero-order valence-electron chi connectivity index (χ0n) is 11.9. The molecule has 2 heteroatoms. The molecule has 0 aliphatic carbocycles. The van der Waals surface area contributed by atoms with E-state index in [2.05, 4.69) is 56.0 Å². The molecule has 0 aromatic heterocycles. The molecule has 1 aromatic rings. The van der Waals surface area contributed by atoms with E-state index >= 15 is 0 Å². The summed E-state index contributed by atoms with van der Waals surface area (Å²) in [6.07, 6.45) is 2.60. The van der Waals surface area contributed by atoms with Gasteiger partial charge >= 0.3 is 0 Å². The molecule has 0 amide bonds. The van der Waals surface area contributed by atoms with Gasteiger partial charge in [0.05, 0.1) is 0 Å². The number of hydrogen-bond donors (Lipinski definition) is 1. The molecule has 1 aliphatic rings. The zero-order chi connectivity index (χ0) is 13.2. The average Bonchev–Trinajstić information content (AvgIpc) is 2.69. The summed E-state index contributed by atoms with van der Waals surface area (Å²) in [7, 11) is 0. The molecule has 1 unspecified atom stereocenters. The van der Waals surface area contributed by atoms with E-state index in [0.29, 0.717) is 12.1 Å². The first kappa shape index (κ1) is 13.6. The van der Waals surface area contributed by atoms with E-state index in [0.717, 1.165) is 6.54 Å². The van der Waals surface area contributed by atoms with Gasteiger partial charge in [-0.3, -0.25) is 4.90 Å². The fourth-order valence-electron chi connectivity index (χ4n) is 2.99. The molecule has 18 heavy (non-hydrogen) atoms. The topological polar surface area (TPSA) is 29.3 Å². The Morgan fingerprint density at radius 1 is 1.28 bits per heavy atom. The normalized spacial score (nSPS) is 22.9. The second kappa shape index (κ2) is 5.02. The lowest BCUT2D eigenvalue weighted by Gasteiger charge is -2.39. The van der Waals surface area contributed by atoms with Crippen molar-refractivity contribution in [3.63, 3.8) is 0 Å². The molecule has 0 radical (unpaired) electrons. The van der Waals surface area contributed by atoms with Crippen molar-refractivity contribution >= 4 is 0 Å². The third kappa shape index (κ3) is 2.60. The monoisotopic (exact) mass is 246 g/mol. The molecule has 1 saturated heterocycles. The summed E-state index contributed by atoms with van der Waals surface area (Å²) in [6.45, 7) is 9.94. The molecule has 100 valence electrons. The third-order valence-electron chi connectivity index (χ3n) is 4.53. The van der Waals surface area contributed by atoms with Gasteiger partial charge < -0.3 is 5.73 Å². The van der Waals surface area contributed by atoms with Crippen LogP contribution in [0.5, 0.6) is 0 Å². The minimum Gasteiger partial charge on any atom is -0.330 e. The molecule has 1 aromatic carbocycles. The average molecular weight is 246 g/mol. The minimum absolute atomic E-state index is 0.0584. The molecule has 0 saturated carbocycles. The van der Waals surface area contributed by atoms with Crippen LogP contribution in [0.15, 0.2) is 30.3 Å². The number of nitrogens with two attached hydrogens (primary N) is 1. The zero-order valence-corrected chi connectivity index (χ0v) is 11.9. The van der Waals surface area contributed by atoms with Crippen molar-refractivity contribution < 1.29 is 0 Å². The number of likely N-dealkylation sites (tertiary alicyclic amines) is 1. The van der Waals surface area contributed by atoms with Gasteiger partial charge in [0, 0.05) is 24.0 Å². The van der Waals surface area contributed by atoms with Crippen molar-refractivity contribution in [1.29, 1.82) is 0 Å². The predicted octanol–water partition coefficient (Wildman–Crippen LogP) is 2.78. The van der Waals surface area contributed by atoms with E-state index in [1.54, 1.807) is 0 Å². The number of hydrogen-bond acceptors (Lipinski definition) is 2. The summed E-state index contributed by atoms with van der Waals surface area (Å²) in [5.41, 5.74) is 7.82. The van der Waals surface area contributed by atoms with Gasteiger partial charge in [-0.1, -0.05) is 37.3 Å². The largest absolute Gasteiger partial charge is 0.330 e. The van der Waals surface area contributed by atoms with Crippen LogP contribution in [0.4, 0.5) is 0 Å². The number of benzene rings is 1. The number of rotatable bonds is 4. The molecule has 0 bridgehead atoms. The summed E-state index contributed by atoms with van der Waals surface area (Å²) in [6, 6.07) is 10.7. The Kier molecular flexibility index (Phi) is 3.79. The minimum atomic E-state index is 0.0584. The van der Waals surface area contributed by atoms with E-state index < -0.39 is 0 Å². The van der Waals surface area contributed by atoms with Crippen molar-refractivity contribution in [2.75, 3.05) is 19.6 Å². The maximum Gasteiger partial charge on any atom is 0.0175 e. The van der Waals surface area contributed by atoms with Crippen molar-refractivity contribution in [2.45, 2.75) is 44.6 Å². The Labute approximate surface area is 111 Å². The number of nitrogens with zero attached hydrogens (tertiary/aromatic N) is 1. The lowest BCUT2D eigenvalue weighted by molar-refractivity contribution is 0.140. The summed E-state index contributed by atoms with van der Waals surface area (Å²) < 4.78 is 0. The first-order valence-electron chi connectivity index (χ1n) is 6.99. The summed E-state index contributed by atoms with van der Waals surface area (Å²) in [5.74, 6) is 0. The standard InChI is InChI=1S/C16H26N2/c1-15(2)10-7-11-18(15)13-16(3,12-17)14-8-5-4-6-9-14/h4-6,8-9H,7,10-13,17H2,1-3H3. The molecule has 2 N–H and O–H groups in total. The lowest BCUT2D eigenvalue weighted by atomic mass is 9.81. The van der Waals surface area contributed by atoms with E-state index in [4.69, 9.17) is 5.73 Å². The van der Waals surface area contributed by atoms with Crippen LogP contribution >= 0.6 is 0 Å². The highest BCUT2D eigenvalue weighted by molar-refractivity contribution is 5.25. The molecule has 0 spiro atoms. The van der Waals surface area contributed by atoms with Crippen molar-refractivity contribution in [3.8, 4) is 0 Å². The van der Waals surface area contributed by atoms with E-state index in [9.17, 15) is 0 Å². The van der Waals surface area contributed by atoms with Crippen LogP contribution in [-0.2, 0) is 5.41 Å². The smallest absolute Gasteiger partial charge is 0.0175 e. The Hall–Kier alpha value is -0.860. The van der Waals surface area contributed by atoms with Crippen molar-refractivity contribution in [1.82, 2.24) is 4.90 Å². The van der Waals surface area contributed by atoms with Crippen LogP contribution in [0.3, 0.4) is 0 Å². The molecular weight excluding hydrogens is 220 g/mol. The van der Waals surface area contributed by atoms with E-state index in [1.165, 1.54) is 24.9 Å². The first-order valence-corrected chi connectivity index (χ1v) is 6.99. The summed E-state index contributed by atoms with van der Waals surface area (Å²) >= 11 is 0. The maximum absolute atomic E-state index is 6.08. The molecular formula is C16H26N2. The molecule has 1 atom stereocenters. The second-order valence-electron chi connectivity index (χ2n) is 6.47. The van der Waals surface area contributed by atoms with Gasteiger partial charge in [0.25, 0.3) is 0 Å². The van der Waals surface area contributed by atoms with E-state index in [-0.39, 0.29) is 5.41 Å². The van der Waals surface area contributed by atoms with Gasteiger partial charge in [0.15, 0.2) is 0 Å². The van der Waals surface area contributed by atoms with Crippen LogP contribution in [0.25, 0.3) is 0 Å². The van der Waals surface area contributed by atoms with Gasteiger partial charge in [-0.2, -0.15) is 0 Å². The second-order valence-corrected chi connectivity index (χ2v) is 6.47. The molecule has 2 rings (SSSR count). The predicted molar refractivity (Wildman–Crippen MR) is 77.7 cm³/mol. The molecule has 1 aliphatic heterocycles. The molecule has 1 fully saturated rings. The van der Waals surface area contributed by atoms with Gasteiger partial charge in [-0.15, -0.1) is 0 Å². The van der Waals surface area contributed by atoms with Gasteiger partial charge in [-0.25, -0.2) is 0 Å². The first-order chi connectivity index (χ1) is 8.48. The SMILES string of the molecule is CC(CN)(CN1CCCC1(C)C)c1ccccc1. The van der Waals surface area contributed by atoms with Crippen LogP contribution in [0, 0.1) is 0 Å². The van der Waals surface area contributed by atoms with Crippen LogP contribution < -0.4 is 5.73 Å². The van der Waals surface area contributed by atoms with Crippen molar-refractivity contribution in [2.24, 2.45) is 5.73 Å². The van der Waals surface area contributed by atoms with E-state index in [1.807, 2.05) is 0 Å². The van der Waals surface area contributed by atoms with Gasteiger partial charge in [-0.05, 0) is 38.8 Å². The Morgan fingerprint density at radius 2 is 1.94 bits per heavy atom. The third-order valence-corrected chi connectivity index (χ3v) is 4.53. The maximum atomic E-state index is 6.08. The van der Waals surface area contributed by atoms with Crippen molar-refractivity contribution in [3.05, 3.63) is 35.9 Å². The highest BCUT2D eigenvalue weighted by atomic mass is 15.2. The quantitative estimate of drug-likeness (QED) is 0.885. The highest BCUT2D eigenvalue weighted by Gasteiger charge is 2.37. The highest BCUT2D eigenvalue weighted by Crippen LogP contribution is 2.33. The van der Waals surface area contributed by atoms with Crippen LogP contribution in [0.2, 0.25) is 0 Å². The summed E-state index contributed by atoms with van der Waals surface area (Å²) in [5, 5.41) is 0. The fourth-order valence-corrected chi connectivity index (χ4v) is 2.99. The van der Waals surface area contributed by atoms with Gasteiger partial charge in [0.1, 0.15) is 0 Å². The van der Waals surface area contributed by atoms with Gasteiger partial charge in [0.2, 0.25) is 0 Å². The Morgan fingerprint density at radius 3 is 2.44 bits per heavy atom. The fraction of sp³-hybridized carbons (Fsp3) is 0.625. The Balaban J connectivity index is 2.19. The Bertz CT molecular complexity index is 385. The lowest BCUT2D eigenvalue weighted by Crippen LogP contribution is -2.49.